The van der Waals surface area contributed by atoms with E-state index in [-0.39, 0.29) is 11.8 Å². The normalized spacial score (nSPS) is 10.5. The summed E-state index contributed by atoms with van der Waals surface area (Å²) in [5.74, 6) is -0.413. The molecule has 3 rings (SSSR count). The van der Waals surface area contributed by atoms with Gasteiger partial charge in [-0.3, -0.25) is 4.79 Å². The summed E-state index contributed by atoms with van der Waals surface area (Å²) < 4.78 is 6.24. The van der Waals surface area contributed by atoms with Gasteiger partial charge in [-0.05, 0) is 30.3 Å². The third-order valence-corrected chi connectivity index (χ3v) is 3.63. The van der Waals surface area contributed by atoms with Crippen LogP contribution in [-0.2, 0) is 0 Å². The zero-order chi connectivity index (χ0) is 15.5. The number of carbonyl (C=O) groups excluding carboxylic acids is 1. The largest absolute Gasteiger partial charge is 0.412 e. The van der Waals surface area contributed by atoms with Crippen molar-refractivity contribution in [2.24, 2.45) is 0 Å². The molecule has 110 valence electrons. The minimum atomic E-state index is -0.482. The fourth-order valence-corrected chi connectivity index (χ4v) is 2.43. The average molecular weight is 379 g/mol. The lowest BCUT2D eigenvalue weighted by molar-refractivity contribution is 0.0991. The highest BCUT2D eigenvalue weighted by atomic mass is 79.9. The molecule has 0 fully saturated rings. The Morgan fingerprint density at radius 3 is 2.73 bits per heavy atom. The van der Waals surface area contributed by atoms with E-state index in [1.807, 2.05) is 12.1 Å². The van der Waals surface area contributed by atoms with Crippen molar-refractivity contribution in [1.29, 1.82) is 0 Å². The molecule has 0 saturated heterocycles. The molecule has 0 aliphatic heterocycles. The first-order valence-electron chi connectivity index (χ1n) is 6.29. The van der Waals surface area contributed by atoms with Crippen molar-refractivity contribution < 1.29 is 9.21 Å². The van der Waals surface area contributed by atoms with Gasteiger partial charge >= 0.3 is 11.8 Å². The van der Waals surface area contributed by atoms with Crippen LogP contribution in [-0.4, -0.2) is 16.1 Å². The van der Waals surface area contributed by atoms with Crippen LogP contribution in [0.2, 0.25) is 5.02 Å². The van der Waals surface area contributed by atoms with E-state index in [1.54, 1.807) is 36.4 Å². The van der Waals surface area contributed by atoms with E-state index in [0.717, 1.165) is 4.47 Å². The number of anilines is 1. The van der Waals surface area contributed by atoms with E-state index in [4.69, 9.17) is 16.0 Å². The molecule has 0 bridgehead atoms. The Hall–Kier alpha value is -2.18. The van der Waals surface area contributed by atoms with Crippen molar-refractivity contribution in [2.75, 3.05) is 5.32 Å². The SMILES string of the molecule is O=C(Nc1cccc(Br)c1)c1nnc(-c2ccccc2Cl)o1. The molecular formula is C15H9BrClN3O2. The van der Waals surface area contributed by atoms with Crippen LogP contribution < -0.4 is 5.32 Å². The topological polar surface area (TPSA) is 68.0 Å². The van der Waals surface area contributed by atoms with Crippen LogP contribution in [0.4, 0.5) is 5.69 Å². The molecule has 3 aromatic rings. The maximum atomic E-state index is 12.1. The van der Waals surface area contributed by atoms with Crippen molar-refractivity contribution in [1.82, 2.24) is 10.2 Å². The van der Waals surface area contributed by atoms with Gasteiger partial charge in [0.15, 0.2) is 0 Å². The Morgan fingerprint density at radius 1 is 1.14 bits per heavy atom. The van der Waals surface area contributed by atoms with Crippen LogP contribution in [0.25, 0.3) is 11.5 Å². The van der Waals surface area contributed by atoms with Crippen molar-refractivity contribution in [3.05, 3.63) is 63.9 Å². The van der Waals surface area contributed by atoms with Gasteiger partial charge < -0.3 is 9.73 Å². The maximum Gasteiger partial charge on any atom is 0.313 e. The lowest BCUT2D eigenvalue weighted by Gasteiger charge is -2.02. The van der Waals surface area contributed by atoms with Crippen molar-refractivity contribution in [3.63, 3.8) is 0 Å². The number of carbonyl (C=O) groups is 1. The number of nitrogens with zero attached hydrogens (tertiary/aromatic N) is 2. The van der Waals surface area contributed by atoms with E-state index in [1.165, 1.54) is 0 Å². The molecule has 1 amide bonds. The van der Waals surface area contributed by atoms with Crippen LogP contribution in [0.15, 0.2) is 57.4 Å². The summed E-state index contributed by atoms with van der Waals surface area (Å²) in [4.78, 5) is 12.1. The van der Waals surface area contributed by atoms with Gasteiger partial charge in [0.25, 0.3) is 0 Å². The molecule has 0 unspecified atom stereocenters. The van der Waals surface area contributed by atoms with Gasteiger partial charge in [-0.25, -0.2) is 0 Å². The standard InChI is InChI=1S/C15H9BrClN3O2/c16-9-4-3-5-10(8-9)18-13(21)15-20-19-14(22-15)11-6-1-2-7-12(11)17/h1-8H,(H,18,21). The Bertz CT molecular complexity index is 835. The second kappa shape index (κ2) is 6.29. The predicted molar refractivity (Wildman–Crippen MR) is 86.8 cm³/mol. The quantitative estimate of drug-likeness (QED) is 0.733. The molecule has 0 radical (unpaired) electrons. The monoisotopic (exact) mass is 377 g/mol. The molecular weight excluding hydrogens is 370 g/mol. The molecule has 5 nitrogen and oxygen atoms in total. The Kier molecular flexibility index (Phi) is 4.22. The molecule has 0 saturated carbocycles. The third kappa shape index (κ3) is 3.18. The minimum absolute atomic E-state index is 0.130. The number of hydrogen-bond acceptors (Lipinski definition) is 4. The molecule has 0 atom stereocenters. The Labute approximate surface area is 139 Å². The minimum Gasteiger partial charge on any atom is -0.412 e. The van der Waals surface area contributed by atoms with E-state index < -0.39 is 5.91 Å². The number of aromatic nitrogens is 2. The van der Waals surface area contributed by atoms with Crippen LogP contribution in [0.1, 0.15) is 10.7 Å². The summed E-state index contributed by atoms with van der Waals surface area (Å²) in [7, 11) is 0. The van der Waals surface area contributed by atoms with Crippen LogP contribution >= 0.6 is 27.5 Å². The molecule has 2 aromatic carbocycles. The highest BCUT2D eigenvalue weighted by Crippen LogP contribution is 2.26. The fourth-order valence-electron chi connectivity index (χ4n) is 1.81. The highest BCUT2D eigenvalue weighted by Gasteiger charge is 2.17. The third-order valence-electron chi connectivity index (χ3n) is 2.81. The van der Waals surface area contributed by atoms with E-state index in [0.29, 0.717) is 16.3 Å². The Morgan fingerprint density at radius 2 is 1.95 bits per heavy atom. The van der Waals surface area contributed by atoms with Gasteiger partial charge in [0.1, 0.15) is 0 Å². The smallest absolute Gasteiger partial charge is 0.313 e. The summed E-state index contributed by atoms with van der Waals surface area (Å²) in [6, 6.07) is 14.2. The van der Waals surface area contributed by atoms with E-state index in [2.05, 4.69) is 31.4 Å². The summed E-state index contributed by atoms with van der Waals surface area (Å²) >= 11 is 9.39. The lowest BCUT2D eigenvalue weighted by atomic mass is 10.2. The number of rotatable bonds is 3. The summed E-state index contributed by atoms with van der Waals surface area (Å²) in [5.41, 5.74) is 1.20. The predicted octanol–water partition coefficient (Wildman–Crippen LogP) is 4.40. The summed E-state index contributed by atoms with van der Waals surface area (Å²) in [5, 5.41) is 10.8. The number of nitrogens with one attached hydrogen (secondary N) is 1. The maximum absolute atomic E-state index is 12.1. The molecule has 22 heavy (non-hydrogen) atoms. The van der Waals surface area contributed by atoms with Gasteiger partial charge in [0.05, 0.1) is 10.6 Å². The molecule has 0 spiro atoms. The van der Waals surface area contributed by atoms with Gasteiger partial charge in [0.2, 0.25) is 5.89 Å². The lowest BCUT2D eigenvalue weighted by Crippen LogP contribution is -2.12. The van der Waals surface area contributed by atoms with Gasteiger partial charge in [-0.1, -0.05) is 45.7 Å². The zero-order valence-corrected chi connectivity index (χ0v) is 13.4. The van der Waals surface area contributed by atoms with E-state index in [9.17, 15) is 4.79 Å². The zero-order valence-electron chi connectivity index (χ0n) is 11.1. The number of hydrogen-bond donors (Lipinski definition) is 1. The number of amides is 1. The first-order chi connectivity index (χ1) is 10.6. The highest BCUT2D eigenvalue weighted by molar-refractivity contribution is 9.10. The van der Waals surface area contributed by atoms with Crippen LogP contribution in [0, 0.1) is 0 Å². The number of halogens is 2. The van der Waals surface area contributed by atoms with Crippen LogP contribution in [0.3, 0.4) is 0 Å². The fraction of sp³-hybridized carbons (Fsp3) is 0. The second-order valence-electron chi connectivity index (χ2n) is 4.36. The molecule has 7 heteroatoms. The van der Waals surface area contributed by atoms with Gasteiger partial charge in [0, 0.05) is 10.2 Å². The van der Waals surface area contributed by atoms with E-state index >= 15 is 0 Å². The average Bonchev–Trinajstić information content (AvgIpc) is 2.97. The molecule has 1 heterocycles. The van der Waals surface area contributed by atoms with Crippen molar-refractivity contribution in [3.8, 4) is 11.5 Å². The Balaban J connectivity index is 1.82. The first kappa shape index (κ1) is 14.7. The summed E-state index contributed by atoms with van der Waals surface area (Å²) in [6.45, 7) is 0. The number of benzene rings is 2. The molecule has 0 aliphatic rings. The molecule has 1 aromatic heterocycles. The second-order valence-corrected chi connectivity index (χ2v) is 5.68. The molecule has 1 N–H and O–H groups in total. The molecule has 0 aliphatic carbocycles. The van der Waals surface area contributed by atoms with Crippen LogP contribution in [0.5, 0.6) is 0 Å². The van der Waals surface area contributed by atoms with Gasteiger partial charge in [-0.2, -0.15) is 0 Å². The van der Waals surface area contributed by atoms with Crippen molar-refractivity contribution >= 4 is 39.1 Å². The van der Waals surface area contributed by atoms with Gasteiger partial charge in [-0.15, -0.1) is 10.2 Å². The van der Waals surface area contributed by atoms with Crippen molar-refractivity contribution in [2.45, 2.75) is 0 Å². The summed E-state index contributed by atoms with van der Waals surface area (Å²) in [6.07, 6.45) is 0. The first-order valence-corrected chi connectivity index (χ1v) is 7.46.